The van der Waals surface area contributed by atoms with Crippen LogP contribution in [0.2, 0.25) is 5.02 Å². The first kappa shape index (κ1) is 17.7. The molecule has 25 heavy (non-hydrogen) atoms. The van der Waals surface area contributed by atoms with Gasteiger partial charge in [-0.3, -0.25) is 14.1 Å². The van der Waals surface area contributed by atoms with Crippen LogP contribution in [0.1, 0.15) is 5.56 Å². The van der Waals surface area contributed by atoms with Crippen LogP contribution < -0.4 is 9.60 Å². The molecule has 0 aliphatic rings. The van der Waals surface area contributed by atoms with Gasteiger partial charge in [0.2, 0.25) is 0 Å². The predicted octanol–water partition coefficient (Wildman–Crippen LogP) is 4.01. The van der Waals surface area contributed by atoms with Crippen LogP contribution in [0.4, 0.5) is 5.69 Å². The number of sulfonamides is 1. The van der Waals surface area contributed by atoms with E-state index in [1.165, 1.54) is 12.1 Å². The van der Waals surface area contributed by atoms with E-state index in [0.717, 1.165) is 16.9 Å². The van der Waals surface area contributed by atoms with E-state index in [1.54, 1.807) is 41.8 Å². The van der Waals surface area contributed by atoms with Crippen molar-refractivity contribution in [3.05, 3.63) is 69.3 Å². The number of thiazole rings is 1. The number of hydrogen-bond donors (Lipinski definition) is 1. The van der Waals surface area contributed by atoms with E-state index in [1.807, 2.05) is 0 Å². The zero-order chi connectivity index (χ0) is 18.2. The summed E-state index contributed by atoms with van der Waals surface area (Å²) >= 11 is 6.95. The van der Waals surface area contributed by atoms with Crippen molar-refractivity contribution in [2.45, 2.75) is 18.4 Å². The first-order chi connectivity index (χ1) is 11.8. The van der Waals surface area contributed by atoms with Crippen molar-refractivity contribution in [2.24, 2.45) is 0 Å². The number of aryl methyl sites for hydroxylation is 1. The molecule has 0 unspecified atom stereocenters. The summed E-state index contributed by atoms with van der Waals surface area (Å²) in [5, 5.41) is 0.478. The minimum Gasteiger partial charge on any atom is -0.295 e. The van der Waals surface area contributed by atoms with E-state index >= 15 is 0 Å². The standard InChI is InChI=1S/C17H15ClN2O3S2/c1-3-8-20-14-6-5-13(10-15(14)24-17(20)21)19-25(22,23)16-7-4-12(18)9-11(16)2/h3-7,9-10,19H,1,8H2,2H3. The van der Waals surface area contributed by atoms with Gasteiger partial charge in [-0.1, -0.05) is 29.0 Å². The molecule has 0 radical (unpaired) electrons. The number of aromatic nitrogens is 1. The van der Waals surface area contributed by atoms with Gasteiger partial charge >= 0.3 is 4.87 Å². The second-order valence-corrected chi connectivity index (χ2v) is 8.55. The highest BCUT2D eigenvalue weighted by atomic mass is 35.5. The molecule has 0 atom stereocenters. The first-order valence-electron chi connectivity index (χ1n) is 7.35. The molecular weight excluding hydrogens is 380 g/mol. The zero-order valence-electron chi connectivity index (χ0n) is 13.3. The Bertz CT molecular complexity index is 1130. The Kier molecular flexibility index (Phi) is 4.73. The highest BCUT2D eigenvalue weighted by molar-refractivity contribution is 7.92. The fourth-order valence-electron chi connectivity index (χ4n) is 2.56. The van der Waals surface area contributed by atoms with Crippen LogP contribution in [0.25, 0.3) is 10.2 Å². The SMILES string of the molecule is C=CCn1c(=O)sc2cc(NS(=O)(=O)c3ccc(Cl)cc3C)ccc21. The van der Waals surface area contributed by atoms with Crippen LogP contribution in [-0.2, 0) is 16.6 Å². The van der Waals surface area contributed by atoms with E-state index in [-0.39, 0.29) is 9.77 Å². The van der Waals surface area contributed by atoms with Gasteiger partial charge in [-0.05, 0) is 48.9 Å². The molecule has 0 saturated carbocycles. The summed E-state index contributed by atoms with van der Waals surface area (Å²) in [6.07, 6.45) is 1.65. The Morgan fingerprint density at radius 2 is 2.04 bits per heavy atom. The van der Waals surface area contributed by atoms with Gasteiger partial charge in [-0.25, -0.2) is 8.42 Å². The summed E-state index contributed by atoms with van der Waals surface area (Å²) in [5.41, 5.74) is 1.71. The van der Waals surface area contributed by atoms with Crippen molar-refractivity contribution >= 4 is 48.9 Å². The summed E-state index contributed by atoms with van der Waals surface area (Å²) in [4.78, 5) is 12.1. The zero-order valence-corrected chi connectivity index (χ0v) is 15.7. The molecule has 0 aliphatic carbocycles. The highest BCUT2D eigenvalue weighted by Crippen LogP contribution is 2.26. The van der Waals surface area contributed by atoms with Gasteiger partial charge in [0.1, 0.15) is 0 Å². The van der Waals surface area contributed by atoms with Crippen molar-refractivity contribution < 1.29 is 8.42 Å². The summed E-state index contributed by atoms with van der Waals surface area (Å²) in [7, 11) is -3.75. The van der Waals surface area contributed by atoms with Gasteiger partial charge in [0.25, 0.3) is 10.0 Å². The van der Waals surface area contributed by atoms with E-state index in [0.29, 0.717) is 27.5 Å². The monoisotopic (exact) mass is 394 g/mol. The lowest BCUT2D eigenvalue weighted by atomic mass is 10.2. The molecule has 1 aromatic heterocycles. The molecule has 0 spiro atoms. The number of nitrogens with zero attached hydrogens (tertiary/aromatic N) is 1. The van der Waals surface area contributed by atoms with Crippen molar-refractivity contribution in [2.75, 3.05) is 4.72 Å². The molecule has 1 heterocycles. The minimum absolute atomic E-state index is 0.108. The third kappa shape index (κ3) is 3.49. The second-order valence-electron chi connectivity index (χ2n) is 5.47. The summed E-state index contributed by atoms with van der Waals surface area (Å²) in [6, 6.07) is 9.62. The van der Waals surface area contributed by atoms with Crippen LogP contribution in [0.5, 0.6) is 0 Å². The summed E-state index contributed by atoms with van der Waals surface area (Å²) in [5.74, 6) is 0. The molecule has 5 nitrogen and oxygen atoms in total. The lowest BCUT2D eigenvalue weighted by Gasteiger charge is -2.11. The van der Waals surface area contributed by atoms with Crippen LogP contribution in [-0.4, -0.2) is 13.0 Å². The Labute approximate surface area is 154 Å². The number of anilines is 1. The lowest BCUT2D eigenvalue weighted by Crippen LogP contribution is -2.14. The number of allylic oxidation sites excluding steroid dienone is 1. The number of halogens is 1. The Hall–Kier alpha value is -2.09. The quantitative estimate of drug-likeness (QED) is 0.665. The summed E-state index contributed by atoms with van der Waals surface area (Å²) < 4.78 is 30.1. The van der Waals surface area contributed by atoms with Gasteiger partial charge < -0.3 is 0 Å². The average molecular weight is 395 g/mol. The van der Waals surface area contributed by atoms with Gasteiger partial charge in [-0.2, -0.15) is 0 Å². The van der Waals surface area contributed by atoms with Crippen LogP contribution in [0, 0.1) is 6.92 Å². The van der Waals surface area contributed by atoms with Crippen molar-refractivity contribution in [3.8, 4) is 0 Å². The largest absolute Gasteiger partial charge is 0.308 e. The van der Waals surface area contributed by atoms with Gasteiger partial charge in [0, 0.05) is 11.6 Å². The molecule has 3 aromatic rings. The molecule has 0 aliphatic heterocycles. The Morgan fingerprint density at radius 1 is 1.28 bits per heavy atom. The van der Waals surface area contributed by atoms with E-state index in [4.69, 9.17) is 11.6 Å². The van der Waals surface area contributed by atoms with E-state index in [2.05, 4.69) is 11.3 Å². The third-order valence-corrected chi connectivity index (χ3v) is 6.38. The maximum Gasteiger partial charge on any atom is 0.308 e. The molecule has 3 rings (SSSR count). The Morgan fingerprint density at radius 3 is 2.72 bits per heavy atom. The van der Waals surface area contributed by atoms with E-state index in [9.17, 15) is 13.2 Å². The summed E-state index contributed by atoms with van der Waals surface area (Å²) in [6.45, 7) is 5.74. The minimum atomic E-state index is -3.75. The fourth-order valence-corrected chi connectivity index (χ4v) is 5.00. The number of nitrogens with one attached hydrogen (secondary N) is 1. The lowest BCUT2D eigenvalue weighted by molar-refractivity contribution is 0.600. The predicted molar refractivity (Wildman–Crippen MR) is 103 cm³/mol. The fraction of sp³-hybridized carbons (Fsp3) is 0.118. The maximum absolute atomic E-state index is 12.6. The van der Waals surface area contributed by atoms with Gasteiger partial charge in [0.15, 0.2) is 0 Å². The molecule has 1 N–H and O–H groups in total. The smallest absolute Gasteiger partial charge is 0.295 e. The molecule has 8 heteroatoms. The average Bonchev–Trinajstić information content (AvgIpc) is 2.82. The topological polar surface area (TPSA) is 68.2 Å². The number of fused-ring (bicyclic) bond motifs is 1. The number of benzene rings is 2. The van der Waals surface area contributed by atoms with Crippen LogP contribution in [0.3, 0.4) is 0 Å². The number of rotatable bonds is 5. The van der Waals surface area contributed by atoms with Gasteiger partial charge in [-0.15, -0.1) is 6.58 Å². The molecule has 0 bridgehead atoms. The molecule has 2 aromatic carbocycles. The molecule has 0 amide bonds. The molecular formula is C17H15ClN2O3S2. The van der Waals surface area contributed by atoms with Crippen LogP contribution >= 0.6 is 22.9 Å². The third-order valence-electron chi connectivity index (χ3n) is 3.66. The Balaban J connectivity index is 2.00. The normalized spacial score (nSPS) is 11.6. The van der Waals surface area contributed by atoms with Crippen molar-refractivity contribution in [1.29, 1.82) is 0 Å². The van der Waals surface area contributed by atoms with Crippen LogP contribution in [0.15, 0.2) is 58.7 Å². The van der Waals surface area contributed by atoms with Crippen molar-refractivity contribution in [1.82, 2.24) is 4.57 Å². The highest BCUT2D eigenvalue weighted by Gasteiger charge is 2.18. The number of hydrogen-bond acceptors (Lipinski definition) is 4. The first-order valence-corrected chi connectivity index (χ1v) is 10.0. The van der Waals surface area contributed by atoms with Gasteiger partial charge in [0.05, 0.1) is 20.8 Å². The molecule has 0 saturated heterocycles. The second kappa shape index (κ2) is 6.67. The van der Waals surface area contributed by atoms with Crippen molar-refractivity contribution in [3.63, 3.8) is 0 Å². The molecule has 0 fully saturated rings. The molecule has 130 valence electrons. The maximum atomic E-state index is 12.6. The van der Waals surface area contributed by atoms with E-state index < -0.39 is 10.0 Å².